The highest BCUT2D eigenvalue weighted by molar-refractivity contribution is 7.11. The van der Waals surface area contributed by atoms with E-state index in [-0.39, 0.29) is 17.5 Å². The number of rotatable bonds is 5. The summed E-state index contributed by atoms with van der Waals surface area (Å²) in [5, 5.41) is -0.378. The molecule has 1 saturated heterocycles. The van der Waals surface area contributed by atoms with Crippen LogP contribution in [0.25, 0.3) is 0 Å². The molecule has 0 spiro atoms. The lowest BCUT2D eigenvalue weighted by molar-refractivity contribution is -0.150. The van der Waals surface area contributed by atoms with E-state index < -0.39 is 13.1 Å². The standard InChI is InChI=1S/C18H24BClO5P2/c1-18(2)10-7-12(18)16-13(8-10)22-19(23-16)14(20)6-9-4-3-5-11(15(9)24-26)17(21)25-27/h3-5,10,12-14,16H,6-8,26-27H2,1-2H3. The van der Waals surface area contributed by atoms with Gasteiger partial charge in [0.25, 0.3) is 0 Å². The monoisotopic (exact) mass is 428 g/mol. The molecule has 0 N–H and O–H groups in total. The van der Waals surface area contributed by atoms with Gasteiger partial charge >= 0.3 is 13.1 Å². The van der Waals surface area contributed by atoms with Crippen LogP contribution < -0.4 is 4.52 Å². The van der Waals surface area contributed by atoms with Gasteiger partial charge in [-0.15, -0.1) is 11.6 Å². The van der Waals surface area contributed by atoms with Crippen LogP contribution in [0.5, 0.6) is 5.75 Å². The first-order valence-electron chi connectivity index (χ1n) is 9.21. The van der Waals surface area contributed by atoms with Crippen molar-refractivity contribution >= 4 is 43.6 Å². The smallest absolute Gasteiger partial charge is 0.476 e. The Kier molecular flexibility index (Phi) is 5.51. The van der Waals surface area contributed by atoms with E-state index in [9.17, 15) is 4.79 Å². The van der Waals surface area contributed by atoms with Crippen LogP contribution >= 0.6 is 30.5 Å². The zero-order valence-electron chi connectivity index (χ0n) is 15.4. The summed E-state index contributed by atoms with van der Waals surface area (Å²) in [7, 11) is 3.69. The molecule has 4 fully saturated rings. The van der Waals surface area contributed by atoms with Gasteiger partial charge in [-0.3, -0.25) is 0 Å². The lowest BCUT2D eigenvalue weighted by Gasteiger charge is -2.60. The third-order valence-electron chi connectivity index (χ3n) is 6.68. The minimum Gasteiger partial charge on any atom is -0.479 e. The molecule has 1 aliphatic heterocycles. The molecule has 3 saturated carbocycles. The van der Waals surface area contributed by atoms with Crippen LogP contribution in [0, 0.1) is 17.3 Å². The van der Waals surface area contributed by atoms with E-state index in [0.717, 1.165) is 12.0 Å². The van der Waals surface area contributed by atoms with Crippen molar-refractivity contribution in [1.29, 1.82) is 0 Å². The zero-order valence-corrected chi connectivity index (χ0v) is 18.5. The van der Waals surface area contributed by atoms with Crippen molar-refractivity contribution in [3.05, 3.63) is 29.3 Å². The predicted octanol–water partition coefficient (Wildman–Crippen LogP) is 3.83. The van der Waals surface area contributed by atoms with Gasteiger partial charge in [-0.25, -0.2) is 4.79 Å². The number of halogens is 1. The Hall–Kier alpha value is -0.375. The van der Waals surface area contributed by atoms with Gasteiger partial charge in [0.1, 0.15) is 11.3 Å². The molecule has 1 aromatic carbocycles. The Morgan fingerprint density at radius 2 is 2.15 bits per heavy atom. The summed E-state index contributed by atoms with van der Waals surface area (Å²) in [5.74, 6) is 1.22. The summed E-state index contributed by atoms with van der Waals surface area (Å²) in [6, 6.07) is 5.33. The Morgan fingerprint density at radius 1 is 1.37 bits per heavy atom. The molecule has 5 rings (SSSR count). The molecule has 0 aromatic heterocycles. The van der Waals surface area contributed by atoms with E-state index >= 15 is 0 Å². The molecule has 0 amide bonds. The number of para-hydroxylation sites is 1. The van der Waals surface area contributed by atoms with E-state index in [0.29, 0.717) is 35.0 Å². The Balaban J connectivity index is 1.48. The lowest BCUT2D eigenvalue weighted by Crippen LogP contribution is -2.59. The van der Waals surface area contributed by atoms with Gasteiger partial charge in [-0.05, 0) is 48.1 Å². The van der Waals surface area contributed by atoms with Crippen molar-refractivity contribution in [2.75, 3.05) is 0 Å². The highest BCUT2D eigenvalue weighted by Gasteiger charge is 2.62. The summed E-state index contributed by atoms with van der Waals surface area (Å²) < 4.78 is 22.6. The number of benzene rings is 1. The van der Waals surface area contributed by atoms with Gasteiger partial charge in [0, 0.05) is 0 Å². The van der Waals surface area contributed by atoms with Gasteiger partial charge in [0.2, 0.25) is 0 Å². The highest BCUT2D eigenvalue weighted by atomic mass is 35.5. The van der Waals surface area contributed by atoms with Crippen LogP contribution in [0.15, 0.2) is 18.2 Å². The summed E-state index contributed by atoms with van der Waals surface area (Å²) in [4.78, 5) is 11.9. The number of carbonyl (C=O) groups excluding carboxylic acids is 1. The molecular formula is C18H24BClO5P2. The van der Waals surface area contributed by atoms with E-state index in [1.165, 1.54) is 6.42 Å². The van der Waals surface area contributed by atoms with Crippen molar-refractivity contribution in [2.24, 2.45) is 17.3 Å². The second kappa shape index (κ2) is 7.46. The molecule has 7 atom stereocenters. The van der Waals surface area contributed by atoms with Crippen molar-refractivity contribution < 1.29 is 23.2 Å². The van der Waals surface area contributed by atoms with E-state index in [1.807, 2.05) is 15.5 Å². The number of hydrogen-bond acceptors (Lipinski definition) is 5. The lowest BCUT2D eigenvalue weighted by atomic mass is 9.47. The topological polar surface area (TPSA) is 54.0 Å². The van der Waals surface area contributed by atoms with Crippen LogP contribution in [0.3, 0.4) is 0 Å². The van der Waals surface area contributed by atoms with Crippen LogP contribution in [0.4, 0.5) is 0 Å². The molecule has 0 radical (unpaired) electrons. The summed E-state index contributed by atoms with van der Waals surface area (Å²) in [5.41, 5.74) is 1.49. The summed E-state index contributed by atoms with van der Waals surface area (Å²) in [6.07, 6.45) is 3.01. The first-order chi connectivity index (χ1) is 12.9. The van der Waals surface area contributed by atoms with Gasteiger partial charge in [0.15, 0.2) is 0 Å². The SMILES string of the molecule is CC1(C)C2CC3OB(C(Cl)Cc4cccc(C(=O)OP)c4OP)OC3C1C2. The maximum atomic E-state index is 11.9. The molecule has 2 bridgehead atoms. The molecule has 9 heteroatoms. The average Bonchev–Trinajstić information content (AvgIpc) is 3.11. The molecule has 4 aliphatic rings. The second-order valence-electron chi connectivity index (χ2n) is 8.28. The maximum absolute atomic E-state index is 11.9. The first-order valence-corrected chi connectivity index (χ1v) is 10.6. The highest BCUT2D eigenvalue weighted by Crippen LogP contribution is 2.61. The van der Waals surface area contributed by atoms with Crippen LogP contribution in [0.1, 0.15) is 42.6 Å². The average molecular weight is 429 g/mol. The van der Waals surface area contributed by atoms with Crippen LogP contribution in [-0.2, 0) is 20.3 Å². The molecule has 1 heterocycles. The molecule has 3 aliphatic carbocycles. The number of alkyl halides is 1. The van der Waals surface area contributed by atoms with E-state index in [1.54, 1.807) is 12.1 Å². The Labute approximate surface area is 169 Å². The molecule has 146 valence electrons. The fourth-order valence-electron chi connectivity index (χ4n) is 4.95. The van der Waals surface area contributed by atoms with Crippen LogP contribution in [0.2, 0.25) is 0 Å². The molecule has 27 heavy (non-hydrogen) atoms. The van der Waals surface area contributed by atoms with Crippen molar-refractivity contribution in [3.8, 4) is 5.75 Å². The third kappa shape index (κ3) is 3.32. The van der Waals surface area contributed by atoms with Crippen molar-refractivity contribution in [1.82, 2.24) is 0 Å². The quantitative estimate of drug-likeness (QED) is 0.405. The number of carbonyl (C=O) groups is 1. The fourth-order valence-corrected chi connectivity index (χ4v) is 5.64. The van der Waals surface area contributed by atoms with E-state index in [4.69, 9.17) is 30.0 Å². The first kappa shape index (κ1) is 19.9. The normalized spacial score (nSPS) is 31.7. The fraction of sp³-hybridized carbons (Fsp3) is 0.611. The van der Waals surface area contributed by atoms with Gasteiger partial charge < -0.3 is 18.4 Å². The number of hydrogen-bond donors (Lipinski definition) is 0. The molecule has 7 unspecified atom stereocenters. The zero-order chi connectivity index (χ0) is 19.3. The summed E-state index contributed by atoms with van der Waals surface area (Å²) >= 11 is 6.68. The third-order valence-corrected chi connectivity index (χ3v) is 7.49. The van der Waals surface area contributed by atoms with E-state index in [2.05, 4.69) is 23.3 Å². The van der Waals surface area contributed by atoms with Gasteiger partial charge in [-0.2, -0.15) is 0 Å². The molecule has 5 nitrogen and oxygen atoms in total. The summed E-state index contributed by atoms with van der Waals surface area (Å²) in [6.45, 7) is 4.66. The minimum absolute atomic E-state index is 0.132. The van der Waals surface area contributed by atoms with Crippen molar-refractivity contribution in [2.45, 2.75) is 50.6 Å². The van der Waals surface area contributed by atoms with Gasteiger partial charge in [-0.1, -0.05) is 26.0 Å². The van der Waals surface area contributed by atoms with Gasteiger partial charge in [0.05, 0.1) is 36.4 Å². The largest absolute Gasteiger partial charge is 0.479 e. The predicted molar refractivity (Wildman–Crippen MR) is 111 cm³/mol. The van der Waals surface area contributed by atoms with Crippen LogP contribution in [-0.4, -0.2) is 30.6 Å². The van der Waals surface area contributed by atoms with Crippen molar-refractivity contribution in [3.63, 3.8) is 0 Å². The molecule has 1 aromatic rings. The minimum atomic E-state index is -0.480. The second-order valence-corrected chi connectivity index (χ2v) is 9.31. The Morgan fingerprint density at radius 3 is 2.81 bits per heavy atom. The molecular weight excluding hydrogens is 404 g/mol. The Bertz CT molecular complexity index is 748. The maximum Gasteiger partial charge on any atom is 0.476 e.